The van der Waals surface area contributed by atoms with Crippen molar-refractivity contribution in [1.29, 1.82) is 0 Å². The van der Waals surface area contributed by atoms with Gasteiger partial charge in [0.15, 0.2) is 11.5 Å². The van der Waals surface area contributed by atoms with Crippen molar-refractivity contribution in [3.63, 3.8) is 0 Å². The SMILES string of the molecule is C=CCn1c(=O)c2cnc(Nc3ccc(N4CCC(CO)CC4)cc3)nc2n1-c1ccc2c(n1)[C@](O)(CC)CC2. The number of rotatable bonds is 8. The van der Waals surface area contributed by atoms with Gasteiger partial charge in [-0.2, -0.15) is 4.98 Å². The molecule has 4 aromatic rings. The van der Waals surface area contributed by atoms with Crippen LogP contribution in [0.5, 0.6) is 0 Å². The molecule has 3 aromatic heterocycles. The Morgan fingerprint density at radius 1 is 1.15 bits per heavy atom. The number of aliphatic hydroxyl groups excluding tert-OH is 1. The van der Waals surface area contributed by atoms with Crippen LogP contribution in [0.2, 0.25) is 0 Å². The Kier molecular flexibility index (Phi) is 6.89. The molecule has 10 heteroatoms. The number of benzene rings is 1. The monoisotopic (exact) mass is 541 g/mol. The Bertz CT molecular complexity index is 1600. The average Bonchev–Trinajstić information content (AvgIpc) is 3.47. The van der Waals surface area contributed by atoms with Gasteiger partial charge < -0.3 is 20.4 Å². The molecule has 0 radical (unpaired) electrons. The molecule has 1 atom stereocenters. The second kappa shape index (κ2) is 10.5. The lowest BCUT2D eigenvalue weighted by atomic mass is 9.97. The van der Waals surface area contributed by atoms with Crippen LogP contribution in [0.25, 0.3) is 16.9 Å². The van der Waals surface area contributed by atoms with Gasteiger partial charge in [0.2, 0.25) is 5.95 Å². The van der Waals surface area contributed by atoms with Gasteiger partial charge >= 0.3 is 0 Å². The van der Waals surface area contributed by atoms with Crippen molar-refractivity contribution in [2.75, 3.05) is 29.9 Å². The number of nitrogens with one attached hydrogen (secondary N) is 1. The van der Waals surface area contributed by atoms with Crippen molar-refractivity contribution >= 4 is 28.4 Å². The third kappa shape index (κ3) is 4.56. The third-order valence-corrected chi connectivity index (χ3v) is 8.35. The van der Waals surface area contributed by atoms with Crippen LogP contribution in [-0.4, -0.2) is 54.2 Å². The number of aliphatic hydroxyl groups is 2. The van der Waals surface area contributed by atoms with Crippen LogP contribution in [0.4, 0.5) is 17.3 Å². The molecular weight excluding hydrogens is 506 g/mol. The Labute approximate surface area is 232 Å². The average molecular weight is 542 g/mol. The summed E-state index contributed by atoms with van der Waals surface area (Å²) in [5, 5.41) is 24.2. The lowest BCUT2D eigenvalue weighted by Gasteiger charge is -2.32. The summed E-state index contributed by atoms with van der Waals surface area (Å²) in [6.45, 7) is 8.18. The van der Waals surface area contributed by atoms with Crippen LogP contribution in [-0.2, 0) is 18.6 Å². The van der Waals surface area contributed by atoms with Crippen LogP contribution < -0.4 is 15.8 Å². The first kappa shape index (κ1) is 26.2. The van der Waals surface area contributed by atoms with Crippen molar-refractivity contribution in [3.05, 3.63) is 76.9 Å². The highest BCUT2D eigenvalue weighted by Gasteiger charge is 2.37. The number of aromatic nitrogens is 5. The highest BCUT2D eigenvalue weighted by atomic mass is 16.3. The predicted molar refractivity (Wildman–Crippen MR) is 155 cm³/mol. The maximum atomic E-state index is 13.3. The van der Waals surface area contributed by atoms with Crippen LogP contribution in [0.15, 0.2) is 60.0 Å². The Balaban J connectivity index is 1.33. The second-order valence-electron chi connectivity index (χ2n) is 10.8. The summed E-state index contributed by atoms with van der Waals surface area (Å²) in [6, 6.07) is 12.0. The van der Waals surface area contributed by atoms with Crippen molar-refractivity contribution in [3.8, 4) is 5.82 Å². The molecule has 1 saturated heterocycles. The van der Waals surface area contributed by atoms with Gasteiger partial charge in [-0.1, -0.05) is 19.1 Å². The fourth-order valence-electron chi connectivity index (χ4n) is 5.87. The van der Waals surface area contributed by atoms with Gasteiger partial charge in [0.05, 0.1) is 12.2 Å². The molecule has 6 rings (SSSR count). The molecule has 1 aromatic carbocycles. The molecule has 0 unspecified atom stereocenters. The van der Waals surface area contributed by atoms with Crippen LogP contribution in [0.3, 0.4) is 0 Å². The lowest BCUT2D eigenvalue weighted by Crippen LogP contribution is -2.34. The molecular formula is C30H35N7O3. The number of allylic oxidation sites excluding steroid dienone is 1. The fourth-order valence-corrected chi connectivity index (χ4v) is 5.87. The van der Waals surface area contributed by atoms with Gasteiger partial charge in [0.25, 0.3) is 5.56 Å². The smallest absolute Gasteiger partial charge is 0.278 e. The first-order valence-corrected chi connectivity index (χ1v) is 14.0. The van der Waals surface area contributed by atoms with Gasteiger partial charge in [-0.05, 0) is 73.9 Å². The maximum Gasteiger partial charge on any atom is 0.278 e. The molecule has 1 aliphatic heterocycles. The van der Waals surface area contributed by atoms with E-state index in [1.807, 2.05) is 31.2 Å². The molecule has 2 aliphatic rings. The number of anilines is 3. The number of aryl methyl sites for hydroxylation is 1. The van der Waals surface area contributed by atoms with Gasteiger partial charge in [0, 0.05) is 37.3 Å². The quantitative estimate of drug-likeness (QED) is 0.289. The molecule has 10 nitrogen and oxygen atoms in total. The topological polar surface area (TPSA) is 121 Å². The predicted octanol–water partition coefficient (Wildman–Crippen LogP) is 3.66. The summed E-state index contributed by atoms with van der Waals surface area (Å²) in [7, 11) is 0. The number of hydrogen-bond acceptors (Lipinski definition) is 8. The maximum absolute atomic E-state index is 13.3. The van der Waals surface area contributed by atoms with E-state index in [9.17, 15) is 15.0 Å². The normalized spacial score (nSPS) is 19.2. The zero-order valence-corrected chi connectivity index (χ0v) is 22.8. The van der Waals surface area contributed by atoms with Gasteiger partial charge in [-0.3, -0.25) is 4.79 Å². The van der Waals surface area contributed by atoms with Crippen LogP contribution >= 0.6 is 0 Å². The Hall–Kier alpha value is -4.02. The third-order valence-electron chi connectivity index (χ3n) is 8.35. The van der Waals surface area contributed by atoms with Crippen molar-refractivity contribution in [2.45, 2.75) is 51.2 Å². The molecule has 4 heterocycles. The minimum atomic E-state index is -0.972. The van der Waals surface area contributed by atoms with Crippen molar-refractivity contribution in [2.24, 2.45) is 5.92 Å². The van der Waals surface area contributed by atoms with Gasteiger partial charge in [-0.15, -0.1) is 6.58 Å². The second-order valence-corrected chi connectivity index (χ2v) is 10.8. The first-order valence-electron chi connectivity index (χ1n) is 14.0. The standard InChI is InChI=1S/C30H35N7O3/c1-3-15-36-28(39)24-18-31-29(32-22-6-8-23(9-7-22)35-16-12-20(19-38)13-17-35)34-27(24)37(36)25-10-5-21-11-14-30(40,4-2)26(21)33-25/h3,5-10,18,20,38,40H,1,4,11-17,19H2,2H3,(H,31,32,34)/t30-/m0/s1. The highest BCUT2D eigenvalue weighted by molar-refractivity contribution is 5.77. The Morgan fingerprint density at radius 2 is 1.93 bits per heavy atom. The minimum absolute atomic E-state index is 0.233. The molecule has 1 fully saturated rings. The van der Waals surface area contributed by atoms with E-state index in [0.717, 1.165) is 49.3 Å². The number of nitrogens with zero attached hydrogens (tertiary/aromatic N) is 6. The van der Waals surface area contributed by atoms with Crippen LogP contribution in [0, 0.1) is 5.92 Å². The van der Waals surface area contributed by atoms with E-state index in [4.69, 9.17) is 9.97 Å². The first-order chi connectivity index (χ1) is 19.4. The van der Waals surface area contributed by atoms with E-state index in [2.05, 4.69) is 33.9 Å². The summed E-state index contributed by atoms with van der Waals surface area (Å²) in [5.41, 5.74) is 2.89. The van der Waals surface area contributed by atoms with Crippen molar-refractivity contribution < 1.29 is 10.2 Å². The molecule has 0 bridgehead atoms. The Morgan fingerprint density at radius 3 is 2.62 bits per heavy atom. The summed E-state index contributed by atoms with van der Waals surface area (Å²) < 4.78 is 3.24. The van der Waals surface area contributed by atoms with E-state index >= 15 is 0 Å². The summed E-state index contributed by atoms with van der Waals surface area (Å²) >= 11 is 0. The van der Waals surface area contributed by atoms with Crippen molar-refractivity contribution in [1.82, 2.24) is 24.3 Å². The molecule has 3 N–H and O–H groups in total. The fraction of sp³-hybridized carbons (Fsp3) is 0.400. The van der Waals surface area contributed by atoms with E-state index < -0.39 is 5.60 Å². The zero-order valence-electron chi connectivity index (χ0n) is 22.8. The van der Waals surface area contributed by atoms with E-state index in [1.54, 1.807) is 21.6 Å². The van der Waals surface area contributed by atoms with E-state index in [-0.39, 0.29) is 18.7 Å². The zero-order chi connectivity index (χ0) is 27.9. The van der Waals surface area contributed by atoms with Gasteiger partial charge in [-0.25, -0.2) is 19.3 Å². The summed E-state index contributed by atoms with van der Waals surface area (Å²) in [6.07, 6.45) is 7.17. The lowest BCUT2D eigenvalue weighted by molar-refractivity contribution is 0.0306. The van der Waals surface area contributed by atoms with Gasteiger partial charge in [0.1, 0.15) is 11.0 Å². The molecule has 0 spiro atoms. The summed E-state index contributed by atoms with van der Waals surface area (Å²) in [4.78, 5) is 29.7. The van der Waals surface area contributed by atoms with E-state index in [1.165, 1.54) is 0 Å². The molecule has 40 heavy (non-hydrogen) atoms. The molecule has 1 aliphatic carbocycles. The highest BCUT2D eigenvalue weighted by Crippen LogP contribution is 2.38. The van der Waals surface area contributed by atoms with E-state index in [0.29, 0.717) is 47.3 Å². The molecule has 0 amide bonds. The summed E-state index contributed by atoms with van der Waals surface area (Å²) in [5.74, 6) is 1.27. The van der Waals surface area contributed by atoms with Crippen LogP contribution in [0.1, 0.15) is 43.9 Å². The largest absolute Gasteiger partial charge is 0.396 e. The number of pyridine rings is 1. The number of piperidine rings is 1. The molecule has 208 valence electrons. The minimum Gasteiger partial charge on any atom is -0.396 e. The molecule has 0 saturated carbocycles. The number of fused-ring (bicyclic) bond motifs is 2. The number of hydrogen-bond donors (Lipinski definition) is 3.